The number of hydrogen-bond donors (Lipinski definition) is 2. The van der Waals surface area contributed by atoms with Crippen LogP contribution in [0.15, 0.2) is 23.2 Å². The summed E-state index contributed by atoms with van der Waals surface area (Å²) in [6.07, 6.45) is 4.56. The normalized spacial score (nSPS) is 13.6. The monoisotopic (exact) mass is 471 g/mol. The highest BCUT2D eigenvalue weighted by Gasteiger charge is 2.18. The third-order valence-corrected chi connectivity index (χ3v) is 4.52. The van der Waals surface area contributed by atoms with Gasteiger partial charge in [-0.15, -0.1) is 24.0 Å². The molecule has 0 radical (unpaired) electrons. The number of hydrogen-bond acceptors (Lipinski definition) is 4. The molecule has 0 spiro atoms. The summed E-state index contributed by atoms with van der Waals surface area (Å²) in [7, 11) is 5.20. The first-order valence-corrected chi connectivity index (χ1v) is 8.45. The average molecular weight is 471 g/mol. The van der Waals surface area contributed by atoms with Crippen molar-refractivity contribution in [3.8, 4) is 11.5 Å². The maximum Gasteiger partial charge on any atom is 0.193 e. The van der Waals surface area contributed by atoms with Gasteiger partial charge in [-0.05, 0) is 43.4 Å². The van der Waals surface area contributed by atoms with E-state index >= 15 is 0 Å². The molecule has 0 amide bonds. The highest BCUT2D eigenvalue weighted by molar-refractivity contribution is 14.0. The number of anilines is 1. The Morgan fingerprint density at radius 3 is 2.77 bits per heavy atom. The number of benzene rings is 1. The number of halogens is 1. The maximum absolute atomic E-state index is 6.08. The molecule has 0 atom stereocenters. The second kappa shape index (κ2) is 9.11. The van der Waals surface area contributed by atoms with Gasteiger partial charge in [0, 0.05) is 13.1 Å². The molecular formula is C18H26IN5O2. The lowest BCUT2D eigenvalue weighted by Gasteiger charge is -2.13. The zero-order chi connectivity index (χ0) is 17.8. The van der Waals surface area contributed by atoms with Crippen molar-refractivity contribution in [2.45, 2.75) is 32.2 Å². The summed E-state index contributed by atoms with van der Waals surface area (Å²) < 4.78 is 12.5. The summed E-state index contributed by atoms with van der Waals surface area (Å²) in [5.74, 6) is 1.73. The number of aromatic nitrogens is 2. The lowest BCUT2D eigenvalue weighted by Crippen LogP contribution is -2.23. The minimum Gasteiger partial charge on any atom is -0.497 e. The molecule has 0 saturated carbocycles. The van der Waals surface area contributed by atoms with E-state index in [1.165, 1.54) is 24.1 Å². The molecule has 3 rings (SSSR count). The zero-order valence-corrected chi connectivity index (χ0v) is 17.7. The lowest BCUT2D eigenvalue weighted by molar-refractivity contribution is 0.405. The number of aryl methyl sites for hydroxylation is 2. The van der Waals surface area contributed by atoms with Crippen LogP contribution in [0.5, 0.6) is 11.5 Å². The molecule has 8 heteroatoms. The summed E-state index contributed by atoms with van der Waals surface area (Å²) in [4.78, 5) is 4.49. The van der Waals surface area contributed by atoms with Crippen LogP contribution in [0.3, 0.4) is 0 Å². The molecule has 26 heavy (non-hydrogen) atoms. The first-order chi connectivity index (χ1) is 12.1. The van der Waals surface area contributed by atoms with Crippen molar-refractivity contribution in [1.29, 1.82) is 0 Å². The van der Waals surface area contributed by atoms with Crippen LogP contribution < -0.4 is 20.5 Å². The summed E-state index contributed by atoms with van der Waals surface area (Å²) in [5.41, 5.74) is 10.5. The molecular weight excluding hydrogens is 445 g/mol. The fourth-order valence-corrected chi connectivity index (χ4v) is 3.19. The van der Waals surface area contributed by atoms with Gasteiger partial charge < -0.3 is 20.5 Å². The minimum absolute atomic E-state index is 0. The first-order valence-electron chi connectivity index (χ1n) is 8.45. The molecule has 1 aliphatic rings. The molecule has 1 aromatic heterocycles. The Labute approximate surface area is 171 Å². The van der Waals surface area contributed by atoms with E-state index in [9.17, 15) is 0 Å². The Hall–Kier alpha value is -1.97. The van der Waals surface area contributed by atoms with Gasteiger partial charge in [0.2, 0.25) is 0 Å². The van der Waals surface area contributed by atoms with Crippen molar-refractivity contribution in [2.75, 3.05) is 19.5 Å². The molecule has 7 nitrogen and oxygen atoms in total. The van der Waals surface area contributed by atoms with Crippen LogP contribution in [-0.2, 0) is 26.4 Å². The highest BCUT2D eigenvalue weighted by Crippen LogP contribution is 2.29. The molecule has 0 saturated heterocycles. The second-order valence-electron chi connectivity index (χ2n) is 6.10. The van der Waals surface area contributed by atoms with E-state index in [4.69, 9.17) is 15.2 Å². The van der Waals surface area contributed by atoms with E-state index in [2.05, 4.69) is 15.4 Å². The average Bonchev–Trinajstić information content (AvgIpc) is 2.95. The van der Waals surface area contributed by atoms with E-state index < -0.39 is 0 Å². The molecule has 1 aromatic carbocycles. The van der Waals surface area contributed by atoms with Crippen molar-refractivity contribution in [1.82, 2.24) is 9.78 Å². The van der Waals surface area contributed by atoms with Gasteiger partial charge in [-0.2, -0.15) is 5.10 Å². The molecule has 2 aromatic rings. The van der Waals surface area contributed by atoms with Gasteiger partial charge in [0.25, 0.3) is 0 Å². The predicted octanol–water partition coefficient (Wildman–Crippen LogP) is 2.86. The second-order valence-corrected chi connectivity index (χ2v) is 6.10. The number of fused-ring (bicyclic) bond motifs is 1. The lowest BCUT2D eigenvalue weighted by atomic mass is 9.96. The van der Waals surface area contributed by atoms with Crippen LogP contribution in [0, 0.1) is 0 Å². The molecule has 3 N–H and O–H groups in total. The van der Waals surface area contributed by atoms with E-state index in [1.54, 1.807) is 14.2 Å². The van der Waals surface area contributed by atoms with Crippen molar-refractivity contribution in [3.63, 3.8) is 0 Å². The third kappa shape index (κ3) is 4.40. The standard InChI is InChI=1S/C18H25N5O2.HI/c1-23-16(13-6-4-5-7-14(13)22-23)11-20-18(19)21-15-10-12(24-2)8-9-17(15)25-3;/h8-10H,4-7,11H2,1-3H3,(H3,19,20,21);1H. The number of ether oxygens (including phenoxy) is 2. The Bertz CT molecular complexity index is 788. The molecule has 0 unspecified atom stereocenters. The van der Waals surface area contributed by atoms with E-state index in [-0.39, 0.29) is 24.0 Å². The predicted molar refractivity (Wildman–Crippen MR) is 114 cm³/mol. The number of nitrogens with zero attached hydrogens (tertiary/aromatic N) is 3. The van der Waals surface area contributed by atoms with Gasteiger partial charge >= 0.3 is 0 Å². The smallest absolute Gasteiger partial charge is 0.193 e. The molecule has 1 aliphatic carbocycles. The van der Waals surface area contributed by atoms with Crippen LogP contribution in [0.2, 0.25) is 0 Å². The summed E-state index contributed by atoms with van der Waals surface area (Å²) in [5, 5.41) is 7.70. The van der Waals surface area contributed by atoms with Crippen LogP contribution in [0.1, 0.15) is 29.8 Å². The number of guanidine groups is 1. The summed E-state index contributed by atoms with van der Waals surface area (Å²) in [6, 6.07) is 5.48. The Morgan fingerprint density at radius 1 is 1.27 bits per heavy atom. The fourth-order valence-electron chi connectivity index (χ4n) is 3.19. The van der Waals surface area contributed by atoms with Gasteiger partial charge in [-0.3, -0.25) is 4.68 Å². The number of methoxy groups -OCH3 is 2. The molecule has 142 valence electrons. The Morgan fingerprint density at radius 2 is 2.04 bits per heavy atom. The van der Waals surface area contributed by atoms with Crippen LogP contribution in [-0.4, -0.2) is 30.0 Å². The molecule has 1 heterocycles. The number of aliphatic imine (C=N–C) groups is 1. The van der Waals surface area contributed by atoms with E-state index in [0.717, 1.165) is 30.0 Å². The fraction of sp³-hybridized carbons (Fsp3) is 0.444. The van der Waals surface area contributed by atoms with Crippen LogP contribution in [0.25, 0.3) is 0 Å². The molecule has 0 aliphatic heterocycles. The zero-order valence-electron chi connectivity index (χ0n) is 15.4. The van der Waals surface area contributed by atoms with Crippen molar-refractivity contribution >= 4 is 35.6 Å². The van der Waals surface area contributed by atoms with Crippen LogP contribution in [0.4, 0.5) is 5.69 Å². The van der Waals surface area contributed by atoms with E-state index in [1.807, 2.05) is 29.9 Å². The van der Waals surface area contributed by atoms with Gasteiger partial charge in [-0.25, -0.2) is 4.99 Å². The largest absolute Gasteiger partial charge is 0.497 e. The van der Waals surface area contributed by atoms with Crippen LogP contribution >= 0.6 is 24.0 Å². The summed E-state index contributed by atoms with van der Waals surface area (Å²) >= 11 is 0. The van der Waals surface area contributed by atoms with Gasteiger partial charge in [0.05, 0.1) is 37.8 Å². The first kappa shape index (κ1) is 20.3. The van der Waals surface area contributed by atoms with Crippen molar-refractivity contribution in [3.05, 3.63) is 35.2 Å². The Balaban J connectivity index is 0.00000243. The minimum atomic E-state index is 0. The number of rotatable bonds is 5. The Kier molecular flexibility index (Phi) is 7.13. The van der Waals surface area contributed by atoms with Gasteiger partial charge in [-0.1, -0.05) is 0 Å². The molecule has 0 bridgehead atoms. The van der Waals surface area contributed by atoms with Crippen molar-refractivity contribution in [2.24, 2.45) is 17.8 Å². The van der Waals surface area contributed by atoms with Gasteiger partial charge in [0.1, 0.15) is 11.5 Å². The number of nitrogens with two attached hydrogens (primary N) is 1. The topological polar surface area (TPSA) is 86.7 Å². The highest BCUT2D eigenvalue weighted by atomic mass is 127. The quantitative estimate of drug-likeness (QED) is 0.398. The van der Waals surface area contributed by atoms with Crippen molar-refractivity contribution < 1.29 is 9.47 Å². The molecule has 0 fully saturated rings. The third-order valence-electron chi connectivity index (χ3n) is 4.52. The van der Waals surface area contributed by atoms with Gasteiger partial charge in [0.15, 0.2) is 5.96 Å². The van der Waals surface area contributed by atoms with E-state index in [0.29, 0.717) is 18.3 Å². The summed E-state index contributed by atoms with van der Waals surface area (Å²) in [6.45, 7) is 0.504. The number of nitrogens with one attached hydrogen (secondary N) is 1. The maximum atomic E-state index is 6.08. The SMILES string of the molecule is COc1ccc(OC)c(NC(N)=NCc2c3c(nn2C)CCCC3)c1.I.